The lowest BCUT2D eigenvalue weighted by Gasteiger charge is -2.41. The van der Waals surface area contributed by atoms with Crippen LogP contribution in [0.5, 0.6) is 0 Å². The van der Waals surface area contributed by atoms with Gasteiger partial charge in [0.1, 0.15) is 17.7 Å². The SMILES string of the molecule is C[C@@H]1CN(C(C)(C)C=C(C#N)C(=O)N2CCCC[C@@H](OC(=O)N[C@H](CB(O)O)c3ccccc3)C2)CCO1. The summed E-state index contributed by atoms with van der Waals surface area (Å²) in [6.07, 6.45) is 2.55. The molecule has 2 aliphatic rings. The molecule has 2 fully saturated rings. The van der Waals surface area contributed by atoms with E-state index in [1.807, 2.05) is 26.8 Å². The van der Waals surface area contributed by atoms with E-state index in [1.165, 1.54) is 0 Å². The minimum Gasteiger partial charge on any atom is -0.444 e. The molecule has 11 heteroatoms. The highest BCUT2D eigenvalue weighted by Gasteiger charge is 2.33. The highest BCUT2D eigenvalue weighted by molar-refractivity contribution is 6.41. The molecule has 2 heterocycles. The molecule has 206 valence electrons. The van der Waals surface area contributed by atoms with Gasteiger partial charge in [0, 0.05) is 31.5 Å². The average molecular weight is 526 g/mol. The fourth-order valence-corrected chi connectivity index (χ4v) is 4.98. The molecule has 0 aromatic heterocycles. The standard InChI is InChI=1S/C27H39BN4O6/c1-20-18-32(13-14-37-20)27(2,3)15-22(17-29)25(33)31-12-8-7-11-23(19-31)38-26(34)30-24(16-28(35)36)21-9-5-4-6-10-21/h4-6,9-10,15,20,23-24,35-36H,7-8,11-14,16,18-19H2,1-3H3,(H,30,34)/t20-,23-,24-/m1/s1. The molecule has 0 radical (unpaired) electrons. The van der Waals surface area contributed by atoms with Crippen LogP contribution in [0.2, 0.25) is 6.32 Å². The highest BCUT2D eigenvalue weighted by Crippen LogP contribution is 2.24. The van der Waals surface area contributed by atoms with Crippen molar-refractivity contribution in [2.45, 2.75) is 70.1 Å². The van der Waals surface area contributed by atoms with E-state index in [1.54, 1.807) is 35.2 Å². The molecule has 38 heavy (non-hydrogen) atoms. The first-order chi connectivity index (χ1) is 18.1. The second kappa shape index (κ2) is 13.8. The molecule has 1 aromatic rings. The zero-order valence-corrected chi connectivity index (χ0v) is 22.5. The van der Waals surface area contributed by atoms with Crippen molar-refractivity contribution >= 4 is 19.1 Å². The third-order valence-electron chi connectivity index (χ3n) is 7.03. The van der Waals surface area contributed by atoms with Crippen LogP contribution in [0.3, 0.4) is 0 Å². The number of nitriles is 1. The predicted molar refractivity (Wildman–Crippen MR) is 143 cm³/mol. The normalized spacial score (nSPS) is 22.1. The van der Waals surface area contributed by atoms with Crippen LogP contribution in [0.4, 0.5) is 4.79 Å². The largest absolute Gasteiger partial charge is 0.453 e. The van der Waals surface area contributed by atoms with E-state index in [9.17, 15) is 24.9 Å². The Balaban J connectivity index is 1.66. The second-order valence-corrected chi connectivity index (χ2v) is 10.5. The smallest absolute Gasteiger partial charge is 0.444 e. The van der Waals surface area contributed by atoms with Crippen molar-refractivity contribution < 1.29 is 29.1 Å². The van der Waals surface area contributed by atoms with Gasteiger partial charge in [0.15, 0.2) is 0 Å². The van der Waals surface area contributed by atoms with Gasteiger partial charge in [0.25, 0.3) is 5.91 Å². The van der Waals surface area contributed by atoms with E-state index in [4.69, 9.17) is 9.47 Å². The zero-order valence-electron chi connectivity index (χ0n) is 22.5. The lowest BCUT2D eigenvalue weighted by atomic mass is 9.79. The molecule has 2 aliphatic heterocycles. The molecule has 2 amide bonds. The summed E-state index contributed by atoms with van der Waals surface area (Å²) in [5, 5.41) is 31.5. The summed E-state index contributed by atoms with van der Waals surface area (Å²) >= 11 is 0. The average Bonchev–Trinajstić information content (AvgIpc) is 3.12. The number of carbonyl (C=O) groups is 2. The van der Waals surface area contributed by atoms with Crippen molar-refractivity contribution in [3.63, 3.8) is 0 Å². The van der Waals surface area contributed by atoms with Crippen LogP contribution in [0.25, 0.3) is 0 Å². The molecule has 3 rings (SSSR count). The van der Waals surface area contributed by atoms with Gasteiger partial charge in [0.05, 0.1) is 25.3 Å². The Morgan fingerprint density at radius 2 is 2.00 bits per heavy atom. The molecular formula is C27H39BN4O6. The lowest BCUT2D eigenvalue weighted by molar-refractivity contribution is -0.127. The van der Waals surface area contributed by atoms with Crippen LogP contribution in [0.15, 0.2) is 42.0 Å². The second-order valence-electron chi connectivity index (χ2n) is 10.5. The summed E-state index contributed by atoms with van der Waals surface area (Å²) in [6, 6.07) is 10.4. The number of ether oxygens (including phenoxy) is 2. The van der Waals surface area contributed by atoms with Crippen LogP contribution in [0, 0.1) is 11.3 Å². The van der Waals surface area contributed by atoms with E-state index < -0.39 is 30.9 Å². The predicted octanol–water partition coefficient (Wildman–Crippen LogP) is 2.26. The minimum atomic E-state index is -1.60. The maximum atomic E-state index is 13.4. The molecule has 3 atom stereocenters. The summed E-state index contributed by atoms with van der Waals surface area (Å²) in [7, 11) is -1.60. The molecule has 3 N–H and O–H groups in total. The number of nitrogens with one attached hydrogen (secondary N) is 1. The molecular weight excluding hydrogens is 487 g/mol. The number of amides is 2. The van der Waals surface area contributed by atoms with E-state index in [-0.39, 0.29) is 30.4 Å². The number of hydrogen-bond acceptors (Lipinski definition) is 8. The van der Waals surface area contributed by atoms with Crippen molar-refractivity contribution in [3.8, 4) is 6.07 Å². The van der Waals surface area contributed by atoms with Gasteiger partial charge in [0.2, 0.25) is 0 Å². The zero-order chi connectivity index (χ0) is 27.7. The van der Waals surface area contributed by atoms with E-state index in [2.05, 4.69) is 16.3 Å². The van der Waals surface area contributed by atoms with Gasteiger partial charge in [-0.15, -0.1) is 0 Å². The first-order valence-corrected chi connectivity index (χ1v) is 13.3. The van der Waals surface area contributed by atoms with Crippen LogP contribution < -0.4 is 5.32 Å². The molecule has 2 saturated heterocycles. The van der Waals surface area contributed by atoms with Crippen molar-refractivity contribution in [2.75, 3.05) is 32.8 Å². The number of hydrogen-bond donors (Lipinski definition) is 3. The summed E-state index contributed by atoms with van der Waals surface area (Å²) in [5.41, 5.74) is 0.279. The number of alkyl carbamates (subject to hydrolysis) is 1. The Morgan fingerprint density at radius 1 is 1.26 bits per heavy atom. The van der Waals surface area contributed by atoms with Gasteiger partial charge in [-0.1, -0.05) is 30.3 Å². The van der Waals surface area contributed by atoms with E-state index in [0.717, 1.165) is 18.4 Å². The Kier molecular flexibility index (Phi) is 10.7. The maximum absolute atomic E-state index is 13.4. The number of likely N-dealkylation sites (tertiary alicyclic amines) is 1. The summed E-state index contributed by atoms with van der Waals surface area (Å²) in [5.74, 6) is -0.372. The van der Waals surface area contributed by atoms with Crippen LogP contribution in [-0.4, -0.2) is 89.5 Å². The monoisotopic (exact) mass is 526 g/mol. The third kappa shape index (κ3) is 8.56. The first kappa shape index (κ1) is 29.6. The number of carbonyl (C=O) groups excluding carboxylic acids is 2. The van der Waals surface area contributed by atoms with Gasteiger partial charge in [-0.05, 0) is 51.7 Å². The summed E-state index contributed by atoms with van der Waals surface area (Å²) in [4.78, 5) is 30.0. The van der Waals surface area contributed by atoms with Gasteiger partial charge in [-0.2, -0.15) is 5.26 Å². The van der Waals surface area contributed by atoms with Crippen LogP contribution >= 0.6 is 0 Å². The van der Waals surface area contributed by atoms with Crippen molar-refractivity contribution in [1.29, 1.82) is 5.26 Å². The summed E-state index contributed by atoms with van der Waals surface area (Å²) < 4.78 is 11.3. The van der Waals surface area contributed by atoms with Gasteiger partial charge < -0.3 is 29.7 Å². The summed E-state index contributed by atoms with van der Waals surface area (Å²) in [6.45, 7) is 8.65. The molecule has 0 aliphatic carbocycles. The fraction of sp³-hybridized carbons (Fsp3) is 0.593. The Hall–Kier alpha value is -2.91. The molecule has 10 nitrogen and oxygen atoms in total. The van der Waals surface area contributed by atoms with Crippen molar-refractivity contribution in [1.82, 2.24) is 15.1 Å². The van der Waals surface area contributed by atoms with Gasteiger partial charge >= 0.3 is 13.2 Å². The Morgan fingerprint density at radius 3 is 2.66 bits per heavy atom. The van der Waals surface area contributed by atoms with Gasteiger partial charge in [-0.3, -0.25) is 9.69 Å². The van der Waals surface area contributed by atoms with Crippen LogP contribution in [0.1, 0.15) is 51.6 Å². The minimum absolute atomic E-state index is 0.0697. The fourth-order valence-electron chi connectivity index (χ4n) is 4.98. The van der Waals surface area contributed by atoms with Crippen molar-refractivity contribution in [2.24, 2.45) is 0 Å². The molecule has 0 unspecified atom stereocenters. The van der Waals surface area contributed by atoms with E-state index >= 15 is 0 Å². The number of rotatable bonds is 8. The molecule has 0 saturated carbocycles. The quantitative estimate of drug-likeness (QED) is 0.267. The third-order valence-corrected chi connectivity index (χ3v) is 7.03. The Labute approximate surface area is 225 Å². The van der Waals surface area contributed by atoms with Gasteiger partial charge in [-0.25, -0.2) is 4.79 Å². The maximum Gasteiger partial charge on any atom is 0.453 e. The lowest BCUT2D eigenvalue weighted by Crippen LogP contribution is -2.51. The molecule has 1 aromatic carbocycles. The first-order valence-electron chi connectivity index (χ1n) is 13.3. The molecule has 0 bridgehead atoms. The number of morpholine rings is 1. The highest BCUT2D eigenvalue weighted by atomic mass is 16.6. The Bertz CT molecular complexity index is 1010. The number of nitrogens with zero attached hydrogens (tertiary/aromatic N) is 3. The number of benzene rings is 1. The topological polar surface area (TPSA) is 135 Å². The van der Waals surface area contributed by atoms with Crippen molar-refractivity contribution in [3.05, 3.63) is 47.5 Å². The molecule has 0 spiro atoms. The van der Waals surface area contributed by atoms with Crippen LogP contribution in [-0.2, 0) is 14.3 Å². The van der Waals surface area contributed by atoms with E-state index in [0.29, 0.717) is 32.7 Å².